The molecule has 0 heterocycles. The molecular weight excluding hydrogens is 204 g/mol. The van der Waals surface area contributed by atoms with Crippen molar-refractivity contribution in [1.29, 1.82) is 0 Å². The Morgan fingerprint density at radius 2 is 2.00 bits per heavy atom. The first-order valence-electron chi connectivity index (χ1n) is 6.32. The largest absolute Gasteiger partial charge is 0.393 e. The molecule has 90 valence electrons. The Morgan fingerprint density at radius 1 is 1.27 bits per heavy atom. The number of aliphatic hydroxyl groups is 1. The molecule has 4 unspecified atom stereocenters. The Hall–Kier alpha value is 0.310. The van der Waals surface area contributed by atoms with Crippen LogP contribution in [0.2, 0.25) is 0 Å². The van der Waals surface area contributed by atoms with Crippen LogP contribution in [-0.4, -0.2) is 23.2 Å². The maximum atomic E-state index is 10.1. The van der Waals surface area contributed by atoms with Gasteiger partial charge in [0.25, 0.3) is 0 Å². The third kappa shape index (κ3) is 4.36. The quantitative estimate of drug-likeness (QED) is 0.729. The van der Waals surface area contributed by atoms with Crippen LogP contribution in [0.15, 0.2) is 0 Å². The molecule has 0 aromatic carbocycles. The van der Waals surface area contributed by atoms with Crippen LogP contribution < -0.4 is 0 Å². The highest BCUT2D eigenvalue weighted by molar-refractivity contribution is 7.98. The summed E-state index contributed by atoms with van der Waals surface area (Å²) in [6.45, 7) is 4.69. The molecule has 15 heavy (non-hydrogen) atoms. The molecule has 1 aliphatic carbocycles. The third-order valence-electron chi connectivity index (χ3n) is 4.03. The fourth-order valence-electron chi connectivity index (χ4n) is 2.61. The second kappa shape index (κ2) is 6.80. The van der Waals surface area contributed by atoms with Gasteiger partial charge in [-0.3, -0.25) is 0 Å². The smallest absolute Gasteiger partial charge is 0.0568 e. The summed E-state index contributed by atoms with van der Waals surface area (Å²) in [5.74, 6) is 3.44. The van der Waals surface area contributed by atoms with Crippen molar-refractivity contribution in [2.24, 2.45) is 17.8 Å². The van der Waals surface area contributed by atoms with E-state index in [1.54, 1.807) is 0 Å². The minimum atomic E-state index is -0.0351. The first-order chi connectivity index (χ1) is 7.15. The predicted octanol–water partition coefficient (Wildman–Crippen LogP) is 3.56. The molecule has 1 rings (SSSR count). The maximum absolute atomic E-state index is 10.1. The predicted molar refractivity (Wildman–Crippen MR) is 69.3 cm³/mol. The van der Waals surface area contributed by atoms with Crippen molar-refractivity contribution in [3.8, 4) is 0 Å². The number of hydrogen-bond acceptors (Lipinski definition) is 2. The van der Waals surface area contributed by atoms with Crippen LogP contribution in [0.4, 0.5) is 0 Å². The van der Waals surface area contributed by atoms with E-state index in [1.807, 2.05) is 11.8 Å². The molecule has 0 saturated heterocycles. The lowest BCUT2D eigenvalue weighted by molar-refractivity contribution is 0.0505. The lowest BCUT2D eigenvalue weighted by Gasteiger charge is -2.34. The van der Waals surface area contributed by atoms with E-state index in [-0.39, 0.29) is 6.10 Å². The number of aliphatic hydroxyl groups excluding tert-OH is 1. The standard InChI is InChI=1S/C13H26OS/c1-10-6-7-12(9-11(10)2)13(14)5-4-8-15-3/h10-14H,4-9H2,1-3H3. The zero-order valence-corrected chi connectivity index (χ0v) is 11.2. The maximum Gasteiger partial charge on any atom is 0.0568 e. The van der Waals surface area contributed by atoms with Gasteiger partial charge in [-0.15, -0.1) is 0 Å². The van der Waals surface area contributed by atoms with E-state index >= 15 is 0 Å². The lowest BCUT2D eigenvalue weighted by Crippen LogP contribution is -2.29. The van der Waals surface area contributed by atoms with Crippen LogP contribution in [0.1, 0.15) is 46.0 Å². The highest BCUT2D eigenvalue weighted by atomic mass is 32.2. The summed E-state index contributed by atoms with van der Waals surface area (Å²) in [6.07, 6.45) is 8.07. The average molecular weight is 230 g/mol. The molecule has 1 nitrogen and oxygen atoms in total. The van der Waals surface area contributed by atoms with Gasteiger partial charge in [0.1, 0.15) is 0 Å². The van der Waals surface area contributed by atoms with Gasteiger partial charge in [-0.25, -0.2) is 0 Å². The molecule has 0 amide bonds. The Labute approximate surface area is 99.0 Å². The molecule has 0 aromatic heterocycles. The second-order valence-electron chi connectivity index (χ2n) is 5.23. The van der Waals surface area contributed by atoms with E-state index in [9.17, 15) is 5.11 Å². The molecule has 0 radical (unpaired) electrons. The van der Waals surface area contributed by atoms with Crippen molar-refractivity contribution in [2.45, 2.75) is 52.1 Å². The summed E-state index contributed by atoms with van der Waals surface area (Å²) in [5, 5.41) is 10.1. The van der Waals surface area contributed by atoms with Crippen molar-refractivity contribution in [3.05, 3.63) is 0 Å². The van der Waals surface area contributed by atoms with Crippen molar-refractivity contribution in [2.75, 3.05) is 12.0 Å². The van der Waals surface area contributed by atoms with Crippen molar-refractivity contribution in [3.63, 3.8) is 0 Å². The third-order valence-corrected chi connectivity index (χ3v) is 4.73. The molecule has 1 aliphatic rings. The van der Waals surface area contributed by atoms with Gasteiger partial charge in [0.05, 0.1) is 6.10 Å². The van der Waals surface area contributed by atoms with Gasteiger partial charge >= 0.3 is 0 Å². The van der Waals surface area contributed by atoms with Gasteiger partial charge in [-0.05, 0) is 55.4 Å². The summed E-state index contributed by atoms with van der Waals surface area (Å²) in [7, 11) is 0. The van der Waals surface area contributed by atoms with E-state index in [4.69, 9.17) is 0 Å². The topological polar surface area (TPSA) is 20.2 Å². The fraction of sp³-hybridized carbons (Fsp3) is 1.00. The van der Waals surface area contributed by atoms with Crippen molar-refractivity contribution < 1.29 is 5.11 Å². The molecule has 0 aliphatic heterocycles. The van der Waals surface area contributed by atoms with Gasteiger partial charge in [-0.2, -0.15) is 11.8 Å². The Kier molecular flexibility index (Phi) is 6.06. The highest BCUT2D eigenvalue weighted by Gasteiger charge is 2.28. The average Bonchev–Trinajstić information content (AvgIpc) is 2.22. The molecule has 0 aromatic rings. The summed E-state index contributed by atoms with van der Waals surface area (Å²) in [4.78, 5) is 0. The normalized spacial score (nSPS) is 34.0. The fourth-order valence-corrected chi connectivity index (χ4v) is 3.07. The van der Waals surface area contributed by atoms with E-state index in [2.05, 4.69) is 20.1 Å². The summed E-state index contributed by atoms with van der Waals surface area (Å²) < 4.78 is 0. The Morgan fingerprint density at radius 3 is 2.60 bits per heavy atom. The molecule has 2 heteroatoms. The van der Waals surface area contributed by atoms with Crippen molar-refractivity contribution in [1.82, 2.24) is 0 Å². The van der Waals surface area contributed by atoms with Crippen LogP contribution in [0.3, 0.4) is 0 Å². The number of hydrogen-bond donors (Lipinski definition) is 1. The van der Waals surface area contributed by atoms with E-state index in [1.165, 1.54) is 31.4 Å². The lowest BCUT2D eigenvalue weighted by atomic mass is 9.73. The summed E-state index contributed by atoms with van der Waals surface area (Å²) in [5.41, 5.74) is 0. The first kappa shape index (κ1) is 13.4. The van der Waals surface area contributed by atoms with Crippen LogP contribution in [0.25, 0.3) is 0 Å². The van der Waals surface area contributed by atoms with Crippen LogP contribution in [0, 0.1) is 17.8 Å². The molecule has 4 atom stereocenters. The number of thioether (sulfide) groups is 1. The van der Waals surface area contributed by atoms with Gasteiger partial charge in [0, 0.05) is 0 Å². The minimum absolute atomic E-state index is 0.0351. The van der Waals surface area contributed by atoms with Crippen LogP contribution in [-0.2, 0) is 0 Å². The van der Waals surface area contributed by atoms with E-state index in [0.29, 0.717) is 5.92 Å². The molecule has 0 bridgehead atoms. The molecule has 1 saturated carbocycles. The van der Waals surface area contributed by atoms with Gasteiger partial charge in [-0.1, -0.05) is 20.3 Å². The monoisotopic (exact) mass is 230 g/mol. The Balaban J connectivity index is 2.24. The van der Waals surface area contributed by atoms with Crippen molar-refractivity contribution >= 4 is 11.8 Å². The van der Waals surface area contributed by atoms with E-state index in [0.717, 1.165) is 18.3 Å². The first-order valence-corrected chi connectivity index (χ1v) is 7.71. The Bertz CT molecular complexity index is 172. The van der Waals surface area contributed by atoms with E-state index < -0.39 is 0 Å². The molecular formula is C13H26OS. The van der Waals surface area contributed by atoms with Gasteiger partial charge in [0.2, 0.25) is 0 Å². The van der Waals surface area contributed by atoms with Gasteiger partial charge < -0.3 is 5.11 Å². The zero-order valence-electron chi connectivity index (χ0n) is 10.4. The molecule has 1 fully saturated rings. The summed E-state index contributed by atoms with van der Waals surface area (Å²) >= 11 is 1.88. The van der Waals surface area contributed by atoms with Crippen LogP contribution >= 0.6 is 11.8 Å². The minimum Gasteiger partial charge on any atom is -0.393 e. The summed E-state index contributed by atoms with van der Waals surface area (Å²) in [6, 6.07) is 0. The zero-order chi connectivity index (χ0) is 11.3. The number of rotatable bonds is 5. The molecule has 0 spiro atoms. The SMILES string of the molecule is CSCCCC(O)C1CCC(C)C(C)C1. The second-order valence-corrected chi connectivity index (χ2v) is 6.22. The van der Waals surface area contributed by atoms with Crippen LogP contribution in [0.5, 0.6) is 0 Å². The van der Waals surface area contributed by atoms with Gasteiger partial charge in [0.15, 0.2) is 0 Å². The molecule has 1 N–H and O–H groups in total. The highest BCUT2D eigenvalue weighted by Crippen LogP contribution is 2.35.